The number of aliphatic hydroxyl groups excluding tert-OH is 1. The summed E-state index contributed by atoms with van der Waals surface area (Å²) in [7, 11) is 2.99. The van der Waals surface area contributed by atoms with Gasteiger partial charge in [-0.05, 0) is 41.5 Å². The Bertz CT molecular complexity index is 607. The highest BCUT2D eigenvalue weighted by atomic mass is 19.1. The van der Waals surface area contributed by atoms with Gasteiger partial charge in [-0.15, -0.1) is 0 Å². The molecule has 1 atom stereocenters. The molecule has 2 aromatic rings. The molecule has 0 spiro atoms. The van der Waals surface area contributed by atoms with Crippen LogP contribution in [0.1, 0.15) is 17.2 Å². The summed E-state index contributed by atoms with van der Waals surface area (Å²) in [6.07, 6.45) is -1.04. The third kappa shape index (κ3) is 3.70. The summed E-state index contributed by atoms with van der Waals surface area (Å²) in [4.78, 5) is 0. The maximum atomic E-state index is 13.6. The first-order valence-electron chi connectivity index (χ1n) is 6.38. The molecule has 1 N–H and O–H groups in total. The highest BCUT2D eigenvalue weighted by Crippen LogP contribution is 2.28. The van der Waals surface area contributed by atoms with Crippen LogP contribution in [0.25, 0.3) is 0 Å². The number of hydrogen-bond acceptors (Lipinski definition) is 3. The molecular formula is C16H16F2O3. The molecule has 2 rings (SSSR count). The predicted octanol–water partition coefficient (Wildman–Crippen LogP) is 3.26. The molecule has 2 aromatic carbocycles. The van der Waals surface area contributed by atoms with Crippen molar-refractivity contribution in [1.29, 1.82) is 0 Å². The van der Waals surface area contributed by atoms with Crippen molar-refractivity contribution in [1.82, 2.24) is 0 Å². The number of ether oxygens (including phenoxy) is 2. The van der Waals surface area contributed by atoms with Crippen molar-refractivity contribution in [2.24, 2.45) is 0 Å². The fourth-order valence-electron chi connectivity index (χ4n) is 2.05. The monoisotopic (exact) mass is 294 g/mol. The van der Waals surface area contributed by atoms with Crippen molar-refractivity contribution in [2.45, 2.75) is 12.5 Å². The molecule has 5 heteroatoms. The van der Waals surface area contributed by atoms with E-state index in [1.807, 2.05) is 0 Å². The molecule has 21 heavy (non-hydrogen) atoms. The van der Waals surface area contributed by atoms with Crippen LogP contribution >= 0.6 is 0 Å². The smallest absolute Gasteiger partial charge is 0.126 e. The molecule has 0 aliphatic heterocycles. The van der Waals surface area contributed by atoms with Crippen LogP contribution in [0.15, 0.2) is 36.4 Å². The van der Waals surface area contributed by atoms with Gasteiger partial charge in [-0.1, -0.05) is 0 Å². The minimum Gasteiger partial charge on any atom is -0.497 e. The molecule has 0 bridgehead atoms. The zero-order valence-electron chi connectivity index (χ0n) is 11.8. The van der Waals surface area contributed by atoms with Gasteiger partial charge in [-0.25, -0.2) is 8.78 Å². The van der Waals surface area contributed by atoms with Crippen LogP contribution in [0.3, 0.4) is 0 Å². The lowest BCUT2D eigenvalue weighted by Gasteiger charge is -2.14. The molecule has 0 amide bonds. The Labute approximate surface area is 121 Å². The number of halogens is 2. The van der Waals surface area contributed by atoms with Crippen LogP contribution in [-0.4, -0.2) is 19.3 Å². The molecule has 1 unspecified atom stereocenters. The average Bonchev–Trinajstić information content (AvgIpc) is 2.50. The Balaban J connectivity index is 2.27. The maximum Gasteiger partial charge on any atom is 0.126 e. The summed E-state index contributed by atoms with van der Waals surface area (Å²) in [6, 6.07) is 8.09. The second-order valence-corrected chi connectivity index (χ2v) is 4.60. The fourth-order valence-corrected chi connectivity index (χ4v) is 2.05. The van der Waals surface area contributed by atoms with E-state index < -0.39 is 17.7 Å². The second-order valence-electron chi connectivity index (χ2n) is 4.60. The van der Waals surface area contributed by atoms with Crippen molar-refractivity contribution in [3.8, 4) is 11.5 Å². The SMILES string of the molecule is COc1cc(OC)cc(C(O)Cc2cc(F)ccc2F)c1. The first-order valence-corrected chi connectivity index (χ1v) is 6.38. The highest BCUT2D eigenvalue weighted by Gasteiger charge is 2.14. The van der Waals surface area contributed by atoms with Gasteiger partial charge >= 0.3 is 0 Å². The summed E-state index contributed by atoms with van der Waals surface area (Å²) >= 11 is 0. The minimum absolute atomic E-state index is 0.0418. The number of aliphatic hydroxyl groups is 1. The first-order chi connectivity index (χ1) is 10.0. The van der Waals surface area contributed by atoms with Crippen LogP contribution in [0.5, 0.6) is 11.5 Å². The van der Waals surface area contributed by atoms with E-state index in [2.05, 4.69) is 0 Å². The van der Waals surface area contributed by atoms with Crippen molar-refractivity contribution in [2.75, 3.05) is 14.2 Å². The van der Waals surface area contributed by atoms with Crippen LogP contribution < -0.4 is 9.47 Å². The van der Waals surface area contributed by atoms with Crippen LogP contribution in [0.2, 0.25) is 0 Å². The molecule has 0 heterocycles. The summed E-state index contributed by atoms with van der Waals surface area (Å²) in [5.74, 6) is -0.0571. The molecule has 112 valence electrons. The van der Waals surface area contributed by atoms with E-state index in [0.717, 1.165) is 18.2 Å². The lowest BCUT2D eigenvalue weighted by atomic mass is 10.0. The Morgan fingerprint density at radius 2 is 1.62 bits per heavy atom. The third-order valence-corrected chi connectivity index (χ3v) is 3.18. The second kappa shape index (κ2) is 6.54. The van der Waals surface area contributed by atoms with Crippen LogP contribution in [0.4, 0.5) is 8.78 Å². The quantitative estimate of drug-likeness (QED) is 0.920. The van der Waals surface area contributed by atoms with Gasteiger partial charge in [0.1, 0.15) is 23.1 Å². The molecule has 0 aromatic heterocycles. The van der Waals surface area contributed by atoms with Crippen molar-refractivity contribution < 1.29 is 23.4 Å². The van der Waals surface area contributed by atoms with Crippen LogP contribution in [0, 0.1) is 11.6 Å². The zero-order chi connectivity index (χ0) is 15.4. The number of methoxy groups -OCH3 is 2. The average molecular weight is 294 g/mol. The summed E-state index contributed by atoms with van der Waals surface area (Å²) < 4.78 is 37.0. The van der Waals surface area contributed by atoms with Crippen molar-refractivity contribution in [3.63, 3.8) is 0 Å². The Morgan fingerprint density at radius 3 is 2.19 bits per heavy atom. The van der Waals surface area contributed by atoms with E-state index in [4.69, 9.17) is 9.47 Å². The normalized spacial score (nSPS) is 12.0. The fraction of sp³-hybridized carbons (Fsp3) is 0.250. The summed E-state index contributed by atoms with van der Waals surface area (Å²) in [6.45, 7) is 0. The van der Waals surface area contributed by atoms with Gasteiger partial charge in [0.25, 0.3) is 0 Å². The largest absolute Gasteiger partial charge is 0.497 e. The Hall–Kier alpha value is -2.14. The zero-order valence-corrected chi connectivity index (χ0v) is 11.8. The highest BCUT2D eigenvalue weighted by molar-refractivity contribution is 5.40. The molecule has 0 aliphatic rings. The van der Waals surface area contributed by atoms with Gasteiger partial charge in [0.15, 0.2) is 0 Å². The van der Waals surface area contributed by atoms with E-state index in [1.165, 1.54) is 14.2 Å². The first kappa shape index (κ1) is 15.3. The van der Waals surface area contributed by atoms with Crippen molar-refractivity contribution >= 4 is 0 Å². The molecule has 0 aliphatic carbocycles. The van der Waals surface area contributed by atoms with Crippen molar-refractivity contribution in [3.05, 3.63) is 59.2 Å². The minimum atomic E-state index is -0.995. The van der Waals surface area contributed by atoms with E-state index in [1.54, 1.807) is 18.2 Å². The molecule has 0 saturated carbocycles. The molecular weight excluding hydrogens is 278 g/mol. The van der Waals surface area contributed by atoms with Gasteiger partial charge in [0.05, 0.1) is 20.3 Å². The topological polar surface area (TPSA) is 38.7 Å². The van der Waals surface area contributed by atoms with E-state index in [9.17, 15) is 13.9 Å². The van der Waals surface area contributed by atoms with Gasteiger partial charge < -0.3 is 14.6 Å². The Morgan fingerprint density at radius 1 is 1.00 bits per heavy atom. The maximum absolute atomic E-state index is 13.6. The molecule has 0 radical (unpaired) electrons. The van der Waals surface area contributed by atoms with Gasteiger partial charge in [0, 0.05) is 12.5 Å². The van der Waals surface area contributed by atoms with Gasteiger partial charge in [0.2, 0.25) is 0 Å². The van der Waals surface area contributed by atoms with E-state index in [-0.39, 0.29) is 12.0 Å². The number of benzene rings is 2. The number of rotatable bonds is 5. The third-order valence-electron chi connectivity index (χ3n) is 3.18. The number of hydrogen-bond donors (Lipinski definition) is 1. The van der Waals surface area contributed by atoms with Gasteiger partial charge in [-0.2, -0.15) is 0 Å². The Kier molecular flexibility index (Phi) is 4.75. The van der Waals surface area contributed by atoms with E-state index >= 15 is 0 Å². The van der Waals surface area contributed by atoms with Crippen LogP contribution in [-0.2, 0) is 6.42 Å². The summed E-state index contributed by atoms with van der Waals surface area (Å²) in [5.41, 5.74) is 0.624. The standard InChI is InChI=1S/C16H16F2O3/c1-20-13-6-11(7-14(9-13)21-2)16(19)8-10-5-12(17)3-4-15(10)18/h3-7,9,16,19H,8H2,1-2H3. The van der Waals surface area contributed by atoms with E-state index in [0.29, 0.717) is 17.1 Å². The lowest BCUT2D eigenvalue weighted by molar-refractivity contribution is 0.176. The van der Waals surface area contributed by atoms with Gasteiger partial charge in [-0.3, -0.25) is 0 Å². The molecule has 3 nitrogen and oxygen atoms in total. The molecule has 0 saturated heterocycles. The molecule has 0 fully saturated rings. The predicted molar refractivity (Wildman–Crippen MR) is 74.6 cm³/mol. The lowest BCUT2D eigenvalue weighted by Crippen LogP contribution is -2.05. The summed E-state index contributed by atoms with van der Waals surface area (Å²) in [5, 5.41) is 10.2.